The van der Waals surface area contributed by atoms with E-state index in [0.29, 0.717) is 18.2 Å². The molecule has 1 atom stereocenters. The van der Waals surface area contributed by atoms with Gasteiger partial charge >= 0.3 is 0 Å². The van der Waals surface area contributed by atoms with Gasteiger partial charge in [0.15, 0.2) is 5.72 Å². The molecule has 1 unspecified atom stereocenters. The molecule has 2 aliphatic heterocycles. The van der Waals surface area contributed by atoms with Crippen molar-refractivity contribution in [1.82, 2.24) is 4.90 Å². The van der Waals surface area contributed by atoms with E-state index in [1.807, 2.05) is 48.5 Å². The van der Waals surface area contributed by atoms with Crippen molar-refractivity contribution >= 4 is 23.2 Å². The molecule has 4 nitrogen and oxygen atoms in total. The Labute approximate surface area is 133 Å². The third-order valence-corrected chi connectivity index (χ3v) is 4.59. The zero-order valence-corrected chi connectivity index (χ0v) is 12.6. The number of rotatable bonds is 1. The Morgan fingerprint density at radius 1 is 1.09 bits per heavy atom. The van der Waals surface area contributed by atoms with E-state index >= 15 is 0 Å². The van der Waals surface area contributed by atoms with Crippen LogP contribution in [-0.2, 0) is 15.3 Å². The number of nitrogens with zero attached hydrogens (tertiary/aromatic N) is 1. The molecule has 1 saturated heterocycles. The maximum atomic E-state index is 12.2. The molecule has 2 aliphatic rings. The standard InChI is InChI=1S/C17H15ClN2O2/c18-14-7-3-1-5-12(14)17-13-6-2-4-8-15(13)19-16(21)11-20(17)9-10-22-17/h1-8H,9-11H2,(H,19,21). The average molecular weight is 315 g/mol. The number of amides is 1. The number of hydrogen-bond acceptors (Lipinski definition) is 3. The molecule has 22 heavy (non-hydrogen) atoms. The first-order chi connectivity index (χ1) is 10.7. The summed E-state index contributed by atoms with van der Waals surface area (Å²) in [6, 6.07) is 15.4. The van der Waals surface area contributed by atoms with Crippen LogP contribution in [0.5, 0.6) is 0 Å². The van der Waals surface area contributed by atoms with E-state index in [2.05, 4.69) is 10.2 Å². The lowest BCUT2D eigenvalue weighted by molar-refractivity contribution is -0.120. The second kappa shape index (κ2) is 5.09. The topological polar surface area (TPSA) is 41.6 Å². The molecule has 1 fully saturated rings. The summed E-state index contributed by atoms with van der Waals surface area (Å²) in [7, 11) is 0. The van der Waals surface area contributed by atoms with Crippen molar-refractivity contribution in [3.05, 3.63) is 64.7 Å². The fourth-order valence-corrected chi connectivity index (χ4v) is 3.63. The molecule has 0 radical (unpaired) electrons. The first-order valence-electron chi connectivity index (χ1n) is 7.25. The molecule has 1 amide bonds. The summed E-state index contributed by atoms with van der Waals surface area (Å²) in [5.74, 6) is -0.0353. The van der Waals surface area contributed by atoms with Gasteiger partial charge in [-0.15, -0.1) is 0 Å². The normalized spacial score (nSPS) is 24.3. The molecule has 2 aromatic carbocycles. The Hall–Kier alpha value is -1.88. The van der Waals surface area contributed by atoms with E-state index in [9.17, 15) is 4.79 Å². The van der Waals surface area contributed by atoms with E-state index in [-0.39, 0.29) is 12.5 Å². The number of hydrogen-bond donors (Lipinski definition) is 1. The highest BCUT2D eigenvalue weighted by atomic mass is 35.5. The summed E-state index contributed by atoms with van der Waals surface area (Å²) >= 11 is 6.46. The van der Waals surface area contributed by atoms with Crippen molar-refractivity contribution in [3.63, 3.8) is 0 Å². The summed E-state index contributed by atoms with van der Waals surface area (Å²) in [6.45, 7) is 1.53. The Bertz CT molecular complexity index is 749. The SMILES string of the molecule is O=C1CN2CCOC2(c2ccccc2Cl)c2ccccc2N1. The van der Waals surface area contributed by atoms with Gasteiger partial charge in [0.25, 0.3) is 0 Å². The molecule has 0 aliphatic carbocycles. The fraction of sp³-hybridized carbons (Fsp3) is 0.235. The van der Waals surface area contributed by atoms with Gasteiger partial charge in [-0.3, -0.25) is 9.69 Å². The monoisotopic (exact) mass is 314 g/mol. The molecule has 0 aromatic heterocycles. The predicted octanol–water partition coefficient (Wildman–Crippen LogP) is 2.83. The third-order valence-electron chi connectivity index (χ3n) is 4.26. The molecule has 0 saturated carbocycles. The van der Waals surface area contributed by atoms with Gasteiger partial charge in [0.2, 0.25) is 5.91 Å². The van der Waals surface area contributed by atoms with Crippen LogP contribution in [0.2, 0.25) is 5.02 Å². The van der Waals surface area contributed by atoms with Gasteiger partial charge in [-0.25, -0.2) is 0 Å². The minimum Gasteiger partial charge on any atom is -0.350 e. The van der Waals surface area contributed by atoms with Gasteiger partial charge in [0, 0.05) is 28.4 Å². The molecule has 4 rings (SSSR count). The lowest BCUT2D eigenvalue weighted by Gasteiger charge is -2.37. The van der Waals surface area contributed by atoms with E-state index in [1.165, 1.54) is 0 Å². The molecule has 1 N–H and O–H groups in total. The lowest BCUT2D eigenvalue weighted by Crippen LogP contribution is -2.44. The maximum Gasteiger partial charge on any atom is 0.238 e. The van der Waals surface area contributed by atoms with Crippen LogP contribution in [0.25, 0.3) is 0 Å². The Kier molecular flexibility index (Phi) is 3.18. The number of fused-ring (bicyclic) bond motifs is 3. The zero-order chi connectivity index (χ0) is 15.2. The van der Waals surface area contributed by atoms with Crippen LogP contribution < -0.4 is 5.32 Å². The van der Waals surface area contributed by atoms with Gasteiger partial charge in [-0.05, 0) is 12.1 Å². The highest BCUT2D eigenvalue weighted by Crippen LogP contribution is 2.46. The number of carbonyl (C=O) groups excluding carboxylic acids is 1. The number of nitrogens with one attached hydrogen (secondary N) is 1. The quantitative estimate of drug-likeness (QED) is 0.880. The Morgan fingerprint density at radius 2 is 1.82 bits per heavy atom. The molecular weight excluding hydrogens is 300 g/mol. The van der Waals surface area contributed by atoms with E-state index < -0.39 is 5.72 Å². The molecular formula is C17H15ClN2O2. The smallest absolute Gasteiger partial charge is 0.238 e. The molecule has 0 spiro atoms. The van der Waals surface area contributed by atoms with E-state index in [0.717, 1.165) is 16.8 Å². The molecule has 5 heteroatoms. The summed E-state index contributed by atoms with van der Waals surface area (Å²) in [4.78, 5) is 14.3. The van der Waals surface area contributed by atoms with Gasteiger partial charge < -0.3 is 10.1 Å². The highest BCUT2D eigenvalue weighted by Gasteiger charge is 2.50. The van der Waals surface area contributed by atoms with E-state index in [1.54, 1.807) is 0 Å². The first-order valence-corrected chi connectivity index (χ1v) is 7.63. The maximum absolute atomic E-state index is 12.2. The lowest BCUT2D eigenvalue weighted by atomic mass is 9.92. The Balaban J connectivity index is 2.02. The van der Waals surface area contributed by atoms with Gasteiger partial charge in [0.05, 0.1) is 13.2 Å². The number of anilines is 1. The second-order valence-corrected chi connectivity index (χ2v) is 5.89. The van der Waals surface area contributed by atoms with Gasteiger partial charge in [-0.1, -0.05) is 48.0 Å². The van der Waals surface area contributed by atoms with Gasteiger partial charge in [0.1, 0.15) is 0 Å². The molecule has 0 bridgehead atoms. The second-order valence-electron chi connectivity index (χ2n) is 5.49. The fourth-order valence-electron chi connectivity index (χ4n) is 3.37. The third kappa shape index (κ3) is 1.88. The van der Waals surface area contributed by atoms with Crippen LogP contribution in [0.15, 0.2) is 48.5 Å². The average Bonchev–Trinajstić information content (AvgIpc) is 2.87. The highest BCUT2D eigenvalue weighted by molar-refractivity contribution is 6.31. The Morgan fingerprint density at radius 3 is 2.64 bits per heavy atom. The van der Waals surface area contributed by atoms with Crippen LogP contribution >= 0.6 is 11.6 Å². The summed E-state index contributed by atoms with van der Waals surface area (Å²) in [5.41, 5.74) is 1.76. The zero-order valence-electron chi connectivity index (χ0n) is 11.9. The number of ether oxygens (including phenoxy) is 1. The number of halogens is 1. The first kappa shape index (κ1) is 13.8. The van der Waals surface area contributed by atoms with Gasteiger partial charge in [-0.2, -0.15) is 0 Å². The van der Waals surface area contributed by atoms with Crippen LogP contribution in [0, 0.1) is 0 Å². The minimum atomic E-state index is -0.811. The van der Waals surface area contributed by atoms with Crippen LogP contribution in [0.4, 0.5) is 5.69 Å². The summed E-state index contributed by atoms with van der Waals surface area (Å²) < 4.78 is 6.22. The van der Waals surface area contributed by atoms with Crippen molar-refractivity contribution in [2.75, 3.05) is 25.0 Å². The van der Waals surface area contributed by atoms with Crippen molar-refractivity contribution in [1.29, 1.82) is 0 Å². The molecule has 2 aromatic rings. The van der Waals surface area contributed by atoms with Crippen molar-refractivity contribution in [3.8, 4) is 0 Å². The largest absolute Gasteiger partial charge is 0.350 e. The van der Waals surface area contributed by atoms with Crippen molar-refractivity contribution in [2.45, 2.75) is 5.72 Å². The predicted molar refractivity (Wildman–Crippen MR) is 84.8 cm³/mol. The number of carbonyl (C=O) groups is 1. The van der Waals surface area contributed by atoms with Crippen LogP contribution in [0.1, 0.15) is 11.1 Å². The number of para-hydroxylation sites is 1. The van der Waals surface area contributed by atoms with Crippen LogP contribution in [-0.4, -0.2) is 30.5 Å². The number of benzene rings is 2. The van der Waals surface area contributed by atoms with Crippen molar-refractivity contribution in [2.24, 2.45) is 0 Å². The molecule has 2 heterocycles. The van der Waals surface area contributed by atoms with Crippen LogP contribution in [0.3, 0.4) is 0 Å². The van der Waals surface area contributed by atoms with Crippen molar-refractivity contribution < 1.29 is 9.53 Å². The molecule has 112 valence electrons. The van der Waals surface area contributed by atoms with E-state index in [4.69, 9.17) is 16.3 Å². The minimum absolute atomic E-state index is 0.0353. The summed E-state index contributed by atoms with van der Waals surface area (Å²) in [6.07, 6.45) is 0. The summed E-state index contributed by atoms with van der Waals surface area (Å²) in [5, 5.41) is 3.60.